The van der Waals surface area contributed by atoms with Crippen molar-refractivity contribution in [3.8, 4) is 0 Å². The monoisotopic (exact) mass is 873 g/mol. The Hall–Kier alpha value is -2.19. The molecule has 0 amide bonds. The van der Waals surface area contributed by atoms with Gasteiger partial charge in [0.15, 0.2) is 6.10 Å². The van der Waals surface area contributed by atoms with E-state index < -0.39 is 75.7 Å². The van der Waals surface area contributed by atoms with Gasteiger partial charge in [0.05, 0.1) is 6.61 Å². The third-order valence-corrected chi connectivity index (χ3v) is 11.4. The molecule has 1 aliphatic rings. The van der Waals surface area contributed by atoms with E-state index in [-0.39, 0.29) is 12.8 Å². The number of hydrogen-bond donors (Lipinski definition) is 6. The number of unbranched alkanes of at least 4 members (excludes halogenated alkanes) is 17. The van der Waals surface area contributed by atoms with Gasteiger partial charge in [0.1, 0.15) is 43.2 Å². The topological polar surface area (TPSA) is 210 Å². The van der Waals surface area contributed by atoms with Crippen molar-refractivity contribution < 1.29 is 63.1 Å². The molecule has 0 heterocycles. The average Bonchev–Trinajstić information content (AvgIpc) is 3.23. The second-order valence-electron chi connectivity index (χ2n) is 15.9. The van der Waals surface area contributed by atoms with Crippen LogP contribution in [0.3, 0.4) is 0 Å². The average molecular weight is 873 g/mol. The molecule has 6 N–H and O–H groups in total. The summed E-state index contributed by atoms with van der Waals surface area (Å²) >= 11 is 0. The third-order valence-electron chi connectivity index (χ3n) is 10.4. The molecule has 0 aromatic rings. The molecular formula is C46H81O13P. The Morgan fingerprint density at radius 2 is 0.917 bits per heavy atom. The third kappa shape index (κ3) is 28.4. The van der Waals surface area contributed by atoms with Crippen molar-refractivity contribution in [3.05, 3.63) is 48.6 Å². The Bertz CT molecular complexity index is 1240. The van der Waals surface area contributed by atoms with Gasteiger partial charge in [0.2, 0.25) is 0 Å². The molecule has 0 aliphatic heterocycles. The molecule has 60 heavy (non-hydrogen) atoms. The molecule has 1 fully saturated rings. The van der Waals surface area contributed by atoms with Crippen LogP contribution in [-0.4, -0.2) is 98.3 Å². The summed E-state index contributed by atoms with van der Waals surface area (Å²) in [7, 11) is -5.12. The number of carbonyl (C=O) groups excluding carboxylic acids is 2. The zero-order valence-corrected chi connectivity index (χ0v) is 37.6. The highest BCUT2D eigenvalue weighted by Gasteiger charge is 2.51. The molecule has 1 rings (SSSR count). The summed E-state index contributed by atoms with van der Waals surface area (Å²) in [6.07, 6.45) is 28.7. The summed E-state index contributed by atoms with van der Waals surface area (Å²) in [4.78, 5) is 35.7. The molecule has 0 saturated heterocycles. The van der Waals surface area contributed by atoms with Gasteiger partial charge in [-0.1, -0.05) is 140 Å². The summed E-state index contributed by atoms with van der Waals surface area (Å²) in [5.74, 6) is -1.13. The number of hydrogen-bond acceptors (Lipinski definition) is 12. The SMILES string of the molecule is CCCC/C=C/C/C=C/CCCCCCCC(=O)O[C@@H](COC(=O)CCCCCCCCC/C=C/C/C=C/CCCCC)COP(=O)(O)OC1C(O)C(O)C(O)[C@H](O)C1O. The summed E-state index contributed by atoms with van der Waals surface area (Å²) in [6.45, 7) is 3.21. The van der Waals surface area contributed by atoms with Crippen molar-refractivity contribution in [2.75, 3.05) is 13.2 Å². The van der Waals surface area contributed by atoms with Crippen molar-refractivity contribution in [2.24, 2.45) is 0 Å². The van der Waals surface area contributed by atoms with Crippen LogP contribution in [0.4, 0.5) is 0 Å². The highest BCUT2D eigenvalue weighted by Crippen LogP contribution is 2.47. The van der Waals surface area contributed by atoms with Crippen LogP contribution in [0.1, 0.15) is 174 Å². The van der Waals surface area contributed by atoms with Gasteiger partial charge in [-0.2, -0.15) is 0 Å². The van der Waals surface area contributed by atoms with E-state index in [4.69, 9.17) is 18.5 Å². The van der Waals surface area contributed by atoms with Crippen molar-refractivity contribution in [2.45, 2.75) is 217 Å². The lowest BCUT2D eigenvalue weighted by atomic mass is 9.85. The van der Waals surface area contributed by atoms with E-state index in [0.29, 0.717) is 12.8 Å². The van der Waals surface area contributed by atoms with Crippen LogP contribution in [0, 0.1) is 0 Å². The quantitative estimate of drug-likeness (QED) is 0.0149. The van der Waals surface area contributed by atoms with Crippen LogP contribution in [0.5, 0.6) is 0 Å². The predicted octanol–water partition coefficient (Wildman–Crippen LogP) is 8.78. The number of aliphatic hydroxyl groups is 5. The molecule has 0 aromatic carbocycles. The highest BCUT2D eigenvalue weighted by atomic mass is 31.2. The van der Waals surface area contributed by atoms with Gasteiger partial charge in [0, 0.05) is 12.8 Å². The largest absolute Gasteiger partial charge is 0.472 e. The summed E-state index contributed by atoms with van der Waals surface area (Å²) in [5, 5.41) is 50.1. The summed E-state index contributed by atoms with van der Waals surface area (Å²) < 4.78 is 33.5. The molecule has 13 nitrogen and oxygen atoms in total. The Labute approximate surface area is 360 Å². The van der Waals surface area contributed by atoms with Crippen molar-refractivity contribution in [1.82, 2.24) is 0 Å². The Morgan fingerprint density at radius 3 is 1.40 bits per heavy atom. The first kappa shape index (κ1) is 55.8. The minimum absolute atomic E-state index is 0.0775. The molecular weight excluding hydrogens is 791 g/mol. The smallest absolute Gasteiger partial charge is 0.462 e. The standard InChI is InChI=1S/C46H81O13P/c1-3-5-7-9-11-13-15-17-19-20-21-23-24-26-28-30-32-34-39(47)56-36-38(37-57-60(54,55)59-46-44(52)42(50)41(49)43(51)45(46)53)58-40(48)35-33-31-29-27-25-22-18-16-14-12-10-8-6-4-2/h10-13,16-19,38,41-46,49-53H,3-9,14-15,20-37H2,1-2H3,(H,54,55)/b12-10+,13-11+,18-16+,19-17+/t38-,41?,42-,43?,44?,45?,46?/m0/s1. The van der Waals surface area contributed by atoms with Crippen LogP contribution in [0.2, 0.25) is 0 Å². The lowest BCUT2D eigenvalue weighted by Gasteiger charge is -2.41. The van der Waals surface area contributed by atoms with Gasteiger partial charge in [-0.15, -0.1) is 0 Å². The summed E-state index contributed by atoms with van der Waals surface area (Å²) in [6, 6.07) is 0. The number of phosphoric ester groups is 1. The molecule has 0 radical (unpaired) electrons. The van der Waals surface area contributed by atoms with Crippen molar-refractivity contribution >= 4 is 19.8 Å². The number of ether oxygens (including phenoxy) is 2. The molecule has 0 bridgehead atoms. The molecule has 1 saturated carbocycles. The number of aliphatic hydroxyl groups excluding tert-OH is 5. The van der Waals surface area contributed by atoms with Gasteiger partial charge >= 0.3 is 19.8 Å². The highest BCUT2D eigenvalue weighted by molar-refractivity contribution is 7.47. The van der Waals surface area contributed by atoms with E-state index in [2.05, 4.69) is 62.5 Å². The molecule has 0 aromatic heterocycles. The van der Waals surface area contributed by atoms with Gasteiger partial charge < -0.3 is 39.9 Å². The van der Waals surface area contributed by atoms with E-state index in [9.17, 15) is 44.6 Å². The number of allylic oxidation sites excluding steroid dienone is 8. The number of esters is 2. The van der Waals surface area contributed by atoms with Gasteiger partial charge in [-0.25, -0.2) is 4.57 Å². The van der Waals surface area contributed by atoms with Crippen molar-refractivity contribution in [3.63, 3.8) is 0 Å². The zero-order chi connectivity index (χ0) is 44.3. The fourth-order valence-electron chi connectivity index (χ4n) is 6.63. The Balaban J connectivity index is 2.47. The number of carbonyl (C=O) groups is 2. The summed E-state index contributed by atoms with van der Waals surface area (Å²) in [5.41, 5.74) is 0. The minimum Gasteiger partial charge on any atom is -0.462 e. The molecule has 348 valence electrons. The second-order valence-corrected chi connectivity index (χ2v) is 17.3. The lowest BCUT2D eigenvalue weighted by Crippen LogP contribution is -2.64. The maximum Gasteiger partial charge on any atom is 0.472 e. The molecule has 8 atom stereocenters. The van der Waals surface area contributed by atoms with Gasteiger partial charge in [-0.3, -0.25) is 18.6 Å². The maximum atomic E-state index is 12.8. The van der Waals surface area contributed by atoms with E-state index in [0.717, 1.165) is 103 Å². The van der Waals surface area contributed by atoms with E-state index >= 15 is 0 Å². The van der Waals surface area contributed by atoms with E-state index in [1.165, 1.54) is 32.1 Å². The number of rotatable bonds is 37. The van der Waals surface area contributed by atoms with Crippen LogP contribution < -0.4 is 0 Å². The molecule has 6 unspecified atom stereocenters. The first-order valence-electron chi connectivity index (χ1n) is 22.9. The molecule has 14 heteroatoms. The first-order valence-corrected chi connectivity index (χ1v) is 24.4. The van der Waals surface area contributed by atoms with E-state index in [1.54, 1.807) is 0 Å². The fourth-order valence-corrected chi connectivity index (χ4v) is 7.60. The Morgan fingerprint density at radius 1 is 0.517 bits per heavy atom. The first-order chi connectivity index (χ1) is 28.9. The molecule has 1 aliphatic carbocycles. The normalized spacial score (nSPS) is 22.6. The molecule has 0 spiro atoms. The minimum atomic E-state index is -5.12. The van der Waals surface area contributed by atoms with Crippen LogP contribution in [0.25, 0.3) is 0 Å². The van der Waals surface area contributed by atoms with E-state index in [1.807, 2.05) is 0 Å². The Kier molecular flexibility index (Phi) is 33.8. The fraction of sp³-hybridized carbons (Fsp3) is 0.783. The second kappa shape index (κ2) is 36.3. The van der Waals surface area contributed by atoms with Crippen LogP contribution >= 0.6 is 7.82 Å². The lowest BCUT2D eigenvalue weighted by molar-refractivity contribution is -0.220. The van der Waals surface area contributed by atoms with Gasteiger partial charge in [-0.05, 0) is 70.6 Å². The number of phosphoric acid groups is 1. The predicted molar refractivity (Wildman–Crippen MR) is 235 cm³/mol. The van der Waals surface area contributed by atoms with Crippen LogP contribution in [0.15, 0.2) is 48.6 Å². The van der Waals surface area contributed by atoms with Crippen LogP contribution in [-0.2, 0) is 32.7 Å². The van der Waals surface area contributed by atoms with Crippen molar-refractivity contribution in [1.29, 1.82) is 0 Å². The zero-order valence-electron chi connectivity index (χ0n) is 36.7. The van der Waals surface area contributed by atoms with Gasteiger partial charge in [0.25, 0.3) is 0 Å². The maximum absolute atomic E-state index is 12.8.